The second-order valence-electron chi connectivity index (χ2n) is 8.28. The van der Waals surface area contributed by atoms with E-state index in [1.807, 2.05) is 59.6 Å². The molecule has 0 aliphatic carbocycles. The van der Waals surface area contributed by atoms with E-state index >= 15 is 0 Å². The van der Waals surface area contributed by atoms with Crippen LogP contribution in [0.3, 0.4) is 0 Å². The van der Waals surface area contributed by atoms with Crippen molar-refractivity contribution in [2.45, 2.75) is 13.0 Å². The fourth-order valence-corrected chi connectivity index (χ4v) is 4.26. The molecular weight excluding hydrogens is 466 g/mol. The molecule has 7 nitrogen and oxygen atoms in total. The van der Waals surface area contributed by atoms with E-state index < -0.39 is 0 Å². The van der Waals surface area contributed by atoms with Gasteiger partial charge >= 0.3 is 0 Å². The van der Waals surface area contributed by atoms with Gasteiger partial charge < -0.3 is 19.1 Å². The van der Waals surface area contributed by atoms with Crippen molar-refractivity contribution in [2.75, 3.05) is 47.5 Å². The van der Waals surface area contributed by atoms with Crippen LogP contribution in [0.25, 0.3) is 11.3 Å². The lowest BCUT2D eigenvalue weighted by Gasteiger charge is -2.35. The number of ether oxygens (including phenoxy) is 3. The average Bonchev–Trinajstić information content (AvgIpc) is 2.89. The van der Waals surface area contributed by atoms with Crippen LogP contribution in [-0.4, -0.2) is 68.2 Å². The summed E-state index contributed by atoms with van der Waals surface area (Å²) in [6, 6.07) is 17.9. The van der Waals surface area contributed by atoms with Gasteiger partial charge in [0.1, 0.15) is 0 Å². The molecule has 1 amide bonds. The van der Waals surface area contributed by atoms with Crippen molar-refractivity contribution in [3.8, 4) is 28.5 Å². The fourth-order valence-electron chi connectivity index (χ4n) is 4.26. The largest absolute Gasteiger partial charge is 0.493 e. The second-order valence-corrected chi connectivity index (χ2v) is 8.28. The number of halogens is 1. The number of amides is 1. The van der Waals surface area contributed by atoms with Crippen LogP contribution in [0.2, 0.25) is 0 Å². The summed E-state index contributed by atoms with van der Waals surface area (Å²) >= 11 is 0. The molecule has 3 aromatic rings. The molecular formula is C27H32ClN3O4. The Morgan fingerprint density at radius 2 is 1.51 bits per heavy atom. The Bertz CT molecular complexity index is 1090. The van der Waals surface area contributed by atoms with Crippen LogP contribution in [0, 0.1) is 0 Å². The van der Waals surface area contributed by atoms with Gasteiger partial charge in [-0.3, -0.25) is 14.7 Å². The third-order valence-electron chi connectivity index (χ3n) is 6.11. The highest BCUT2D eigenvalue weighted by molar-refractivity contribution is 5.85. The summed E-state index contributed by atoms with van der Waals surface area (Å²) < 4.78 is 16.4. The zero-order chi connectivity index (χ0) is 23.9. The Morgan fingerprint density at radius 3 is 2.11 bits per heavy atom. The molecule has 1 fully saturated rings. The molecule has 1 aromatic heterocycles. The Kier molecular flexibility index (Phi) is 9.34. The number of hydrogen-bond acceptors (Lipinski definition) is 6. The van der Waals surface area contributed by atoms with Gasteiger partial charge in [0, 0.05) is 44.5 Å². The molecule has 2 heterocycles. The molecule has 0 spiro atoms. The van der Waals surface area contributed by atoms with Crippen molar-refractivity contribution in [1.82, 2.24) is 14.8 Å². The smallest absolute Gasteiger partial charge is 0.227 e. The van der Waals surface area contributed by atoms with Gasteiger partial charge in [0.25, 0.3) is 0 Å². The van der Waals surface area contributed by atoms with Crippen LogP contribution in [0.5, 0.6) is 17.2 Å². The number of nitrogens with zero attached hydrogens (tertiary/aromatic N) is 3. The first kappa shape index (κ1) is 26.3. The van der Waals surface area contributed by atoms with Gasteiger partial charge in [0.15, 0.2) is 11.5 Å². The van der Waals surface area contributed by atoms with Crippen LogP contribution < -0.4 is 14.2 Å². The van der Waals surface area contributed by atoms with Crippen LogP contribution >= 0.6 is 12.4 Å². The number of benzene rings is 2. The van der Waals surface area contributed by atoms with E-state index in [4.69, 9.17) is 14.2 Å². The zero-order valence-corrected chi connectivity index (χ0v) is 21.2. The van der Waals surface area contributed by atoms with Crippen LogP contribution in [0.15, 0.2) is 60.8 Å². The van der Waals surface area contributed by atoms with E-state index in [2.05, 4.69) is 16.0 Å². The molecule has 0 N–H and O–H groups in total. The topological polar surface area (TPSA) is 64.1 Å². The molecule has 0 saturated carbocycles. The molecule has 1 aliphatic heterocycles. The summed E-state index contributed by atoms with van der Waals surface area (Å²) in [5.74, 6) is 1.95. The van der Waals surface area contributed by atoms with Crippen molar-refractivity contribution in [1.29, 1.82) is 0 Å². The van der Waals surface area contributed by atoms with E-state index in [-0.39, 0.29) is 18.3 Å². The van der Waals surface area contributed by atoms with E-state index in [0.29, 0.717) is 23.7 Å². The minimum Gasteiger partial charge on any atom is -0.493 e. The monoisotopic (exact) mass is 497 g/mol. The van der Waals surface area contributed by atoms with Crippen molar-refractivity contribution in [3.63, 3.8) is 0 Å². The van der Waals surface area contributed by atoms with Crippen LogP contribution in [0.4, 0.5) is 0 Å². The minimum absolute atomic E-state index is 0. The second kappa shape index (κ2) is 12.4. The Balaban J connectivity index is 0.00000342. The predicted octanol–water partition coefficient (Wildman–Crippen LogP) is 4.08. The minimum atomic E-state index is 0. The lowest BCUT2D eigenvalue weighted by atomic mass is 10.1. The van der Waals surface area contributed by atoms with E-state index in [9.17, 15) is 4.79 Å². The first-order valence-corrected chi connectivity index (χ1v) is 11.4. The van der Waals surface area contributed by atoms with Crippen molar-refractivity contribution < 1.29 is 19.0 Å². The summed E-state index contributed by atoms with van der Waals surface area (Å²) in [5.41, 5.74) is 3.97. The van der Waals surface area contributed by atoms with Crippen LogP contribution in [-0.2, 0) is 17.8 Å². The molecule has 0 unspecified atom stereocenters. The summed E-state index contributed by atoms with van der Waals surface area (Å²) in [7, 11) is 4.80. The number of piperazine rings is 1. The van der Waals surface area contributed by atoms with Crippen molar-refractivity contribution >= 4 is 18.3 Å². The third-order valence-corrected chi connectivity index (χ3v) is 6.11. The van der Waals surface area contributed by atoms with Gasteiger partial charge in [-0.1, -0.05) is 30.3 Å². The average molecular weight is 498 g/mol. The molecule has 35 heavy (non-hydrogen) atoms. The van der Waals surface area contributed by atoms with Gasteiger partial charge in [-0.25, -0.2) is 0 Å². The van der Waals surface area contributed by atoms with Crippen molar-refractivity contribution in [2.24, 2.45) is 0 Å². The summed E-state index contributed by atoms with van der Waals surface area (Å²) in [6.45, 7) is 4.00. The lowest BCUT2D eigenvalue weighted by Crippen LogP contribution is -2.48. The maximum atomic E-state index is 12.7. The third kappa shape index (κ3) is 6.44. The number of pyridine rings is 1. The highest BCUT2D eigenvalue weighted by atomic mass is 35.5. The van der Waals surface area contributed by atoms with Crippen LogP contribution in [0.1, 0.15) is 11.1 Å². The zero-order valence-electron chi connectivity index (χ0n) is 20.4. The molecule has 2 aromatic carbocycles. The predicted molar refractivity (Wildman–Crippen MR) is 139 cm³/mol. The molecule has 8 heteroatoms. The van der Waals surface area contributed by atoms with Gasteiger partial charge in [0.05, 0.1) is 33.4 Å². The van der Waals surface area contributed by atoms with Gasteiger partial charge in [-0.15, -0.1) is 12.4 Å². The standard InChI is InChI=1S/C27H31N3O4.ClH/c1-32-24-17-22(18-25(33-2)27(24)34-3)23-15-21(9-10-28-23)19-29-11-13-30(14-12-29)26(31)16-20-7-5-4-6-8-20;/h4-10,15,17-18H,11-14,16,19H2,1-3H3;1H. The molecule has 1 saturated heterocycles. The maximum absolute atomic E-state index is 12.7. The molecule has 1 aliphatic rings. The summed E-state index contributed by atoms with van der Waals surface area (Å²) in [4.78, 5) is 21.6. The lowest BCUT2D eigenvalue weighted by molar-refractivity contribution is -0.132. The molecule has 186 valence electrons. The van der Waals surface area contributed by atoms with Gasteiger partial charge in [0.2, 0.25) is 11.7 Å². The Morgan fingerprint density at radius 1 is 0.857 bits per heavy atom. The van der Waals surface area contributed by atoms with Gasteiger partial charge in [-0.2, -0.15) is 0 Å². The SMILES string of the molecule is COc1cc(-c2cc(CN3CCN(C(=O)Cc4ccccc4)CC3)ccn2)cc(OC)c1OC.Cl. The van der Waals surface area contributed by atoms with Crippen molar-refractivity contribution in [3.05, 3.63) is 71.9 Å². The first-order chi connectivity index (χ1) is 16.6. The number of rotatable bonds is 8. The molecule has 0 bridgehead atoms. The highest BCUT2D eigenvalue weighted by Gasteiger charge is 2.21. The van der Waals surface area contributed by atoms with E-state index in [1.165, 1.54) is 5.56 Å². The number of carbonyl (C=O) groups excluding carboxylic acids is 1. The fraction of sp³-hybridized carbons (Fsp3) is 0.333. The first-order valence-electron chi connectivity index (χ1n) is 11.4. The number of methoxy groups -OCH3 is 3. The molecule has 0 radical (unpaired) electrons. The maximum Gasteiger partial charge on any atom is 0.227 e. The number of carbonyl (C=O) groups is 1. The number of aromatic nitrogens is 1. The Hall–Kier alpha value is -3.29. The summed E-state index contributed by atoms with van der Waals surface area (Å²) in [5, 5.41) is 0. The quantitative estimate of drug-likeness (QED) is 0.467. The summed E-state index contributed by atoms with van der Waals surface area (Å²) in [6.07, 6.45) is 2.29. The van der Waals surface area contributed by atoms with Gasteiger partial charge in [-0.05, 0) is 35.4 Å². The molecule has 0 atom stereocenters. The Labute approximate surface area is 213 Å². The molecule has 4 rings (SSSR count). The normalized spacial score (nSPS) is 13.6. The highest BCUT2D eigenvalue weighted by Crippen LogP contribution is 2.40. The number of hydrogen-bond donors (Lipinski definition) is 0. The van der Waals surface area contributed by atoms with E-state index in [0.717, 1.165) is 49.5 Å². The van der Waals surface area contributed by atoms with E-state index in [1.54, 1.807) is 21.3 Å².